The number of ether oxygens (including phenoxy) is 1. The molecule has 0 saturated carbocycles. The molecule has 1 amide bonds. The van der Waals surface area contributed by atoms with Crippen molar-refractivity contribution in [3.8, 4) is 5.75 Å². The van der Waals surface area contributed by atoms with Crippen molar-refractivity contribution in [1.29, 1.82) is 0 Å². The Bertz CT molecular complexity index is 648. The van der Waals surface area contributed by atoms with E-state index in [0.29, 0.717) is 22.1 Å². The van der Waals surface area contributed by atoms with E-state index in [-0.39, 0.29) is 12.5 Å². The quantitative estimate of drug-likeness (QED) is 0.849. The van der Waals surface area contributed by atoms with E-state index in [1.54, 1.807) is 12.1 Å². The summed E-state index contributed by atoms with van der Waals surface area (Å²) in [5.41, 5.74) is 8.60. The summed E-state index contributed by atoms with van der Waals surface area (Å²) < 4.78 is 5.49. The van der Waals surface area contributed by atoms with E-state index in [4.69, 9.17) is 22.1 Å². The minimum absolute atomic E-state index is 0.0784. The molecule has 0 atom stereocenters. The molecule has 0 saturated heterocycles. The molecule has 110 valence electrons. The van der Waals surface area contributed by atoms with Crippen molar-refractivity contribution in [2.45, 2.75) is 13.8 Å². The lowest BCUT2D eigenvalue weighted by atomic mass is 10.2. The molecule has 0 aromatic heterocycles. The van der Waals surface area contributed by atoms with Gasteiger partial charge in [-0.1, -0.05) is 29.8 Å². The van der Waals surface area contributed by atoms with Gasteiger partial charge in [0.25, 0.3) is 5.91 Å². The third-order valence-electron chi connectivity index (χ3n) is 3.03. The van der Waals surface area contributed by atoms with Crippen molar-refractivity contribution < 1.29 is 9.53 Å². The van der Waals surface area contributed by atoms with Crippen LogP contribution < -0.4 is 15.8 Å². The first kappa shape index (κ1) is 15.2. The second kappa shape index (κ2) is 6.50. The number of nitrogens with two attached hydrogens (primary N) is 1. The molecule has 5 heteroatoms. The lowest BCUT2D eigenvalue weighted by Gasteiger charge is -2.12. The number of anilines is 2. The molecular formula is C16H17ClN2O2. The fourth-order valence-electron chi connectivity index (χ4n) is 1.97. The van der Waals surface area contributed by atoms with Gasteiger partial charge in [0.2, 0.25) is 0 Å². The van der Waals surface area contributed by atoms with E-state index in [1.165, 1.54) is 0 Å². The molecule has 0 heterocycles. The predicted molar refractivity (Wildman–Crippen MR) is 85.9 cm³/mol. The van der Waals surface area contributed by atoms with Gasteiger partial charge in [-0.05, 0) is 43.2 Å². The van der Waals surface area contributed by atoms with E-state index in [1.807, 2.05) is 38.1 Å². The first-order valence-electron chi connectivity index (χ1n) is 6.51. The standard InChI is InChI=1S/C16H17ClN2O2/c1-10-5-3-4-6-14(10)21-9-15(20)19-16-11(2)7-12(18)8-13(16)17/h3-8H,9,18H2,1-2H3,(H,19,20). The van der Waals surface area contributed by atoms with E-state index in [9.17, 15) is 4.79 Å². The molecule has 0 aliphatic rings. The van der Waals surface area contributed by atoms with Crippen LogP contribution in [0.5, 0.6) is 5.75 Å². The summed E-state index contributed by atoms with van der Waals surface area (Å²) in [7, 11) is 0. The number of para-hydroxylation sites is 1. The number of rotatable bonds is 4. The third-order valence-corrected chi connectivity index (χ3v) is 3.32. The monoisotopic (exact) mass is 304 g/mol. The molecule has 0 fully saturated rings. The number of halogens is 1. The second-order valence-corrected chi connectivity index (χ2v) is 5.20. The molecule has 21 heavy (non-hydrogen) atoms. The van der Waals surface area contributed by atoms with Crippen LogP contribution in [0.15, 0.2) is 36.4 Å². The van der Waals surface area contributed by atoms with Crippen LogP contribution in [0.4, 0.5) is 11.4 Å². The van der Waals surface area contributed by atoms with Crippen LogP contribution in [0, 0.1) is 13.8 Å². The Morgan fingerprint density at radius 3 is 2.62 bits per heavy atom. The van der Waals surface area contributed by atoms with Crippen molar-refractivity contribution in [3.63, 3.8) is 0 Å². The number of amides is 1. The van der Waals surface area contributed by atoms with Gasteiger partial charge in [0, 0.05) is 5.69 Å². The molecule has 0 bridgehead atoms. The Balaban J connectivity index is 2.01. The number of benzene rings is 2. The van der Waals surface area contributed by atoms with Gasteiger partial charge < -0.3 is 15.8 Å². The summed E-state index contributed by atoms with van der Waals surface area (Å²) in [5.74, 6) is 0.417. The number of nitrogens with one attached hydrogen (secondary N) is 1. The molecule has 3 N–H and O–H groups in total. The highest BCUT2D eigenvalue weighted by Gasteiger charge is 2.10. The molecular weight excluding hydrogens is 288 g/mol. The van der Waals surface area contributed by atoms with Gasteiger partial charge in [-0.25, -0.2) is 0 Å². The number of nitrogen functional groups attached to an aromatic ring is 1. The Morgan fingerprint density at radius 2 is 1.95 bits per heavy atom. The van der Waals surface area contributed by atoms with Gasteiger partial charge >= 0.3 is 0 Å². The van der Waals surface area contributed by atoms with Gasteiger partial charge in [-0.2, -0.15) is 0 Å². The first-order valence-corrected chi connectivity index (χ1v) is 6.89. The molecule has 4 nitrogen and oxygen atoms in total. The lowest BCUT2D eigenvalue weighted by Crippen LogP contribution is -2.21. The van der Waals surface area contributed by atoms with E-state index < -0.39 is 0 Å². The lowest BCUT2D eigenvalue weighted by molar-refractivity contribution is -0.118. The van der Waals surface area contributed by atoms with Gasteiger partial charge in [0.1, 0.15) is 5.75 Å². The van der Waals surface area contributed by atoms with Crippen molar-refractivity contribution in [2.75, 3.05) is 17.7 Å². The first-order chi connectivity index (χ1) is 9.97. The summed E-state index contributed by atoms with van der Waals surface area (Å²) in [6, 6.07) is 10.9. The number of hydrogen-bond acceptors (Lipinski definition) is 3. The van der Waals surface area contributed by atoms with E-state index in [0.717, 1.165) is 11.1 Å². The van der Waals surface area contributed by atoms with Crippen LogP contribution in [0.1, 0.15) is 11.1 Å². The van der Waals surface area contributed by atoms with Crippen LogP contribution in [-0.4, -0.2) is 12.5 Å². The largest absolute Gasteiger partial charge is 0.483 e. The van der Waals surface area contributed by atoms with Gasteiger partial charge in [-0.3, -0.25) is 4.79 Å². The van der Waals surface area contributed by atoms with Crippen LogP contribution >= 0.6 is 11.6 Å². The SMILES string of the molecule is Cc1ccccc1OCC(=O)Nc1c(C)cc(N)cc1Cl. The highest BCUT2D eigenvalue weighted by molar-refractivity contribution is 6.34. The van der Waals surface area contributed by atoms with Crippen LogP contribution in [-0.2, 0) is 4.79 Å². The summed E-state index contributed by atoms with van der Waals surface area (Å²) in [5, 5.41) is 3.16. The molecule has 2 aromatic carbocycles. The summed E-state index contributed by atoms with van der Waals surface area (Å²) in [6.45, 7) is 3.68. The zero-order chi connectivity index (χ0) is 15.4. The van der Waals surface area contributed by atoms with Crippen molar-refractivity contribution >= 4 is 28.9 Å². The summed E-state index contributed by atoms with van der Waals surface area (Å²) >= 11 is 6.09. The number of aryl methyl sites for hydroxylation is 2. The number of carbonyl (C=O) groups excluding carboxylic acids is 1. The van der Waals surface area contributed by atoms with E-state index >= 15 is 0 Å². The minimum atomic E-state index is -0.270. The zero-order valence-electron chi connectivity index (χ0n) is 11.9. The minimum Gasteiger partial charge on any atom is -0.483 e. The highest BCUT2D eigenvalue weighted by Crippen LogP contribution is 2.28. The van der Waals surface area contributed by atoms with Crippen LogP contribution in [0.3, 0.4) is 0 Å². The number of carbonyl (C=O) groups is 1. The molecule has 0 spiro atoms. The van der Waals surface area contributed by atoms with Crippen LogP contribution in [0.25, 0.3) is 0 Å². The van der Waals surface area contributed by atoms with Gasteiger partial charge in [-0.15, -0.1) is 0 Å². The van der Waals surface area contributed by atoms with E-state index in [2.05, 4.69) is 5.32 Å². The summed E-state index contributed by atoms with van der Waals surface area (Å²) in [4.78, 5) is 12.0. The smallest absolute Gasteiger partial charge is 0.262 e. The maximum Gasteiger partial charge on any atom is 0.262 e. The predicted octanol–water partition coefficient (Wildman–Crippen LogP) is 3.56. The van der Waals surface area contributed by atoms with Crippen molar-refractivity contribution in [1.82, 2.24) is 0 Å². The van der Waals surface area contributed by atoms with Gasteiger partial charge in [0.15, 0.2) is 6.61 Å². The normalized spacial score (nSPS) is 10.2. The molecule has 0 aliphatic heterocycles. The average Bonchev–Trinajstić information content (AvgIpc) is 2.42. The highest BCUT2D eigenvalue weighted by atomic mass is 35.5. The topological polar surface area (TPSA) is 64.3 Å². The fourth-order valence-corrected chi connectivity index (χ4v) is 2.29. The molecule has 0 aliphatic carbocycles. The summed E-state index contributed by atoms with van der Waals surface area (Å²) in [6.07, 6.45) is 0. The van der Waals surface area contributed by atoms with Crippen molar-refractivity contribution in [2.24, 2.45) is 0 Å². The maximum absolute atomic E-state index is 12.0. The number of hydrogen-bond donors (Lipinski definition) is 2. The Labute approximate surface area is 128 Å². The zero-order valence-corrected chi connectivity index (χ0v) is 12.7. The Morgan fingerprint density at radius 1 is 1.24 bits per heavy atom. The molecule has 0 unspecified atom stereocenters. The van der Waals surface area contributed by atoms with Crippen molar-refractivity contribution in [3.05, 3.63) is 52.5 Å². The molecule has 2 aromatic rings. The molecule has 2 rings (SSSR count). The average molecular weight is 305 g/mol. The second-order valence-electron chi connectivity index (χ2n) is 4.80. The fraction of sp³-hybridized carbons (Fsp3) is 0.188. The van der Waals surface area contributed by atoms with Gasteiger partial charge in [0.05, 0.1) is 10.7 Å². The Kier molecular flexibility index (Phi) is 4.70. The molecule has 0 radical (unpaired) electrons. The van der Waals surface area contributed by atoms with Crippen LogP contribution in [0.2, 0.25) is 5.02 Å². The third kappa shape index (κ3) is 3.89. The maximum atomic E-state index is 12.0. The Hall–Kier alpha value is -2.20.